The number of sulfonamides is 1. The van der Waals surface area contributed by atoms with E-state index >= 15 is 0 Å². The largest absolute Gasteiger partial charge is 0.488 e. The Morgan fingerprint density at radius 3 is 2.60 bits per heavy atom. The maximum atomic E-state index is 11.3. The molecule has 15 heavy (non-hydrogen) atoms. The van der Waals surface area contributed by atoms with Crippen molar-refractivity contribution in [3.63, 3.8) is 0 Å². The fourth-order valence-corrected chi connectivity index (χ4v) is 2.47. The second kappa shape index (κ2) is 3.21. The third-order valence-corrected chi connectivity index (χ3v) is 3.75. The molecule has 1 aromatic carbocycles. The lowest BCUT2D eigenvalue weighted by Gasteiger charge is -2.07. The van der Waals surface area contributed by atoms with Crippen LogP contribution < -0.4 is 9.88 Å². The summed E-state index contributed by atoms with van der Waals surface area (Å²) in [6.07, 6.45) is -0.0112. The summed E-state index contributed by atoms with van der Waals surface area (Å²) in [5.41, 5.74) is 0.911. The summed E-state index contributed by atoms with van der Waals surface area (Å²) in [6.45, 7) is 3.92. The predicted molar refractivity (Wildman–Crippen MR) is 56.3 cm³/mol. The lowest BCUT2D eigenvalue weighted by Crippen LogP contribution is -2.14. The van der Waals surface area contributed by atoms with Crippen molar-refractivity contribution in [2.75, 3.05) is 0 Å². The third kappa shape index (κ3) is 1.61. The first kappa shape index (κ1) is 10.4. The van der Waals surface area contributed by atoms with Gasteiger partial charge in [-0.2, -0.15) is 0 Å². The van der Waals surface area contributed by atoms with Gasteiger partial charge in [0.1, 0.15) is 16.7 Å². The molecule has 0 radical (unpaired) electrons. The van der Waals surface area contributed by atoms with Gasteiger partial charge >= 0.3 is 0 Å². The summed E-state index contributed by atoms with van der Waals surface area (Å²) in [4.78, 5) is 0.0798. The molecule has 1 aromatic rings. The van der Waals surface area contributed by atoms with E-state index in [9.17, 15) is 8.42 Å². The molecule has 0 saturated carbocycles. The van der Waals surface area contributed by atoms with E-state index in [2.05, 4.69) is 0 Å². The minimum absolute atomic E-state index is 0.0112. The quantitative estimate of drug-likeness (QED) is 0.784. The van der Waals surface area contributed by atoms with Crippen molar-refractivity contribution in [2.45, 2.75) is 30.8 Å². The smallest absolute Gasteiger partial charge is 0.241 e. The highest BCUT2D eigenvalue weighted by molar-refractivity contribution is 7.89. The van der Waals surface area contributed by atoms with Crippen LogP contribution in [-0.4, -0.2) is 14.5 Å². The van der Waals surface area contributed by atoms with Crippen LogP contribution in [0.5, 0.6) is 5.75 Å². The number of hydrogen-bond acceptors (Lipinski definition) is 3. The Morgan fingerprint density at radius 1 is 1.33 bits per heavy atom. The van der Waals surface area contributed by atoms with E-state index in [-0.39, 0.29) is 16.9 Å². The molecular formula is C10H13NO3S. The van der Waals surface area contributed by atoms with Gasteiger partial charge in [-0.05, 0) is 13.0 Å². The summed E-state index contributed by atoms with van der Waals surface area (Å²) in [5.74, 6) is 0.613. The number of para-hydroxylation sites is 1. The van der Waals surface area contributed by atoms with Crippen LogP contribution in [0, 0.1) is 0 Å². The average Bonchev–Trinajstić information content (AvgIpc) is 2.41. The van der Waals surface area contributed by atoms with Crippen LogP contribution in [0.15, 0.2) is 23.1 Å². The van der Waals surface area contributed by atoms with E-state index in [1.807, 2.05) is 19.9 Å². The van der Waals surface area contributed by atoms with Crippen LogP contribution in [0.2, 0.25) is 0 Å². The average molecular weight is 227 g/mol. The Morgan fingerprint density at radius 2 is 2.00 bits per heavy atom. The molecule has 2 N–H and O–H groups in total. The maximum Gasteiger partial charge on any atom is 0.241 e. The molecule has 1 aliphatic heterocycles. The Labute approximate surface area is 89.1 Å². The maximum absolute atomic E-state index is 11.3. The van der Waals surface area contributed by atoms with Gasteiger partial charge in [-0.3, -0.25) is 0 Å². The lowest BCUT2D eigenvalue weighted by atomic mass is 9.99. The molecule has 1 aliphatic rings. The van der Waals surface area contributed by atoms with Crippen molar-refractivity contribution in [3.8, 4) is 5.75 Å². The second-order valence-electron chi connectivity index (χ2n) is 3.83. The van der Waals surface area contributed by atoms with Gasteiger partial charge in [0, 0.05) is 11.5 Å². The van der Waals surface area contributed by atoms with Crippen molar-refractivity contribution >= 4 is 10.0 Å². The summed E-state index contributed by atoms with van der Waals surface area (Å²) in [7, 11) is -3.70. The van der Waals surface area contributed by atoms with Crippen LogP contribution >= 0.6 is 0 Å². The highest BCUT2D eigenvalue weighted by atomic mass is 32.2. The molecule has 0 aromatic heterocycles. The fourth-order valence-electron chi connectivity index (χ4n) is 1.78. The molecule has 0 saturated heterocycles. The van der Waals surface area contributed by atoms with Gasteiger partial charge in [0.25, 0.3) is 0 Å². The van der Waals surface area contributed by atoms with Gasteiger partial charge in [-0.25, -0.2) is 13.6 Å². The molecule has 5 heteroatoms. The van der Waals surface area contributed by atoms with Gasteiger partial charge in [-0.1, -0.05) is 19.1 Å². The molecule has 82 valence electrons. The van der Waals surface area contributed by atoms with Crippen LogP contribution in [0.1, 0.15) is 25.3 Å². The van der Waals surface area contributed by atoms with Crippen molar-refractivity contribution in [1.29, 1.82) is 0 Å². The second-order valence-corrected chi connectivity index (χ2v) is 5.36. The molecule has 0 spiro atoms. The number of primary sulfonamides is 1. The van der Waals surface area contributed by atoms with E-state index in [1.54, 1.807) is 6.07 Å². The Hall–Kier alpha value is -1.07. The first-order valence-electron chi connectivity index (χ1n) is 4.73. The zero-order chi connectivity index (χ0) is 11.2. The first-order valence-corrected chi connectivity index (χ1v) is 6.28. The number of rotatable bonds is 1. The van der Waals surface area contributed by atoms with Crippen molar-refractivity contribution in [2.24, 2.45) is 5.14 Å². The minimum atomic E-state index is -3.70. The summed E-state index contributed by atoms with van der Waals surface area (Å²) < 4.78 is 28.1. The Kier molecular flexibility index (Phi) is 2.24. The Bertz CT molecular complexity index is 495. The van der Waals surface area contributed by atoms with Gasteiger partial charge in [0.2, 0.25) is 10.0 Å². The number of benzene rings is 1. The van der Waals surface area contributed by atoms with Crippen LogP contribution in [0.25, 0.3) is 0 Å². The minimum Gasteiger partial charge on any atom is -0.488 e. The molecule has 2 atom stereocenters. The van der Waals surface area contributed by atoms with Gasteiger partial charge in [0.05, 0.1) is 0 Å². The summed E-state index contributed by atoms with van der Waals surface area (Å²) >= 11 is 0. The zero-order valence-corrected chi connectivity index (χ0v) is 9.41. The highest BCUT2D eigenvalue weighted by Gasteiger charge is 2.31. The fraction of sp³-hybridized carbons (Fsp3) is 0.400. The first-order chi connectivity index (χ1) is 6.91. The van der Waals surface area contributed by atoms with Gasteiger partial charge in [-0.15, -0.1) is 0 Å². The van der Waals surface area contributed by atoms with E-state index in [1.165, 1.54) is 6.07 Å². The van der Waals surface area contributed by atoms with Crippen LogP contribution in [0.3, 0.4) is 0 Å². The number of hydrogen-bond donors (Lipinski definition) is 1. The van der Waals surface area contributed by atoms with Crippen molar-refractivity contribution < 1.29 is 13.2 Å². The summed E-state index contributed by atoms with van der Waals surface area (Å²) in [6, 6.07) is 5.04. The SMILES string of the molecule is CC1Oc2c(cccc2S(N)(=O)=O)C1C. The molecule has 1 heterocycles. The number of ether oxygens (including phenoxy) is 1. The van der Waals surface area contributed by atoms with E-state index in [0.29, 0.717) is 5.75 Å². The Balaban J connectivity index is 2.65. The normalized spacial score (nSPS) is 24.7. The molecule has 0 amide bonds. The monoisotopic (exact) mass is 227 g/mol. The third-order valence-electron chi connectivity index (χ3n) is 2.81. The van der Waals surface area contributed by atoms with Crippen molar-refractivity contribution in [1.82, 2.24) is 0 Å². The van der Waals surface area contributed by atoms with Gasteiger partial charge < -0.3 is 4.74 Å². The van der Waals surface area contributed by atoms with Crippen molar-refractivity contribution in [3.05, 3.63) is 23.8 Å². The number of fused-ring (bicyclic) bond motifs is 1. The number of nitrogens with two attached hydrogens (primary N) is 1. The summed E-state index contributed by atoms with van der Waals surface area (Å²) in [5, 5.41) is 5.11. The standard InChI is InChI=1S/C10H13NO3S/c1-6-7(2)14-10-8(6)4-3-5-9(10)15(11,12)13/h3-7H,1-2H3,(H2,11,12,13). The molecule has 4 nitrogen and oxygen atoms in total. The molecule has 2 unspecified atom stereocenters. The van der Waals surface area contributed by atoms with E-state index in [0.717, 1.165) is 5.56 Å². The molecular weight excluding hydrogens is 214 g/mol. The van der Waals surface area contributed by atoms with Crippen LogP contribution in [-0.2, 0) is 10.0 Å². The van der Waals surface area contributed by atoms with Gasteiger partial charge in [0.15, 0.2) is 0 Å². The molecule has 2 rings (SSSR count). The van der Waals surface area contributed by atoms with E-state index in [4.69, 9.17) is 9.88 Å². The lowest BCUT2D eigenvalue weighted by molar-refractivity contribution is 0.228. The van der Waals surface area contributed by atoms with E-state index < -0.39 is 10.0 Å². The highest BCUT2D eigenvalue weighted by Crippen LogP contribution is 2.41. The molecule has 0 fully saturated rings. The molecule has 0 aliphatic carbocycles. The predicted octanol–water partition coefficient (Wildman–Crippen LogP) is 1.22. The topological polar surface area (TPSA) is 69.4 Å². The zero-order valence-electron chi connectivity index (χ0n) is 8.60. The molecule has 0 bridgehead atoms. The van der Waals surface area contributed by atoms with Crippen LogP contribution in [0.4, 0.5) is 0 Å².